The average molecular weight is 225 g/mol. The molecular formula is C9H11N3S2. The number of thiophene rings is 1. The van der Waals surface area contributed by atoms with Gasteiger partial charge in [0.15, 0.2) is 5.13 Å². The molecule has 2 aromatic rings. The Balaban J connectivity index is 2.15. The van der Waals surface area contributed by atoms with Crippen LogP contribution >= 0.6 is 22.7 Å². The number of aryl methyl sites for hydroxylation is 1. The summed E-state index contributed by atoms with van der Waals surface area (Å²) in [5, 5.41) is 7.41. The summed E-state index contributed by atoms with van der Waals surface area (Å²) in [6, 6.07) is 2.09. The fraction of sp³-hybridized carbons (Fsp3) is 0.222. The standard InChI is InChI=1S/C9H11N3S2/c1-6-2-3-13-8(6)12-9-11-5-7(4-10)14-9/h2-3,5H,4,10H2,1H3,(H,11,12). The van der Waals surface area contributed by atoms with Crippen LogP contribution in [0.5, 0.6) is 0 Å². The van der Waals surface area contributed by atoms with Crippen LogP contribution in [0.4, 0.5) is 10.1 Å². The highest BCUT2D eigenvalue weighted by Crippen LogP contribution is 2.28. The van der Waals surface area contributed by atoms with Crippen LogP contribution in [0.25, 0.3) is 0 Å². The predicted molar refractivity (Wildman–Crippen MR) is 62.3 cm³/mol. The lowest BCUT2D eigenvalue weighted by Crippen LogP contribution is -1.91. The highest BCUT2D eigenvalue weighted by Gasteiger charge is 2.03. The maximum Gasteiger partial charge on any atom is 0.188 e. The smallest absolute Gasteiger partial charge is 0.188 e. The maximum absolute atomic E-state index is 5.51. The minimum Gasteiger partial charge on any atom is -0.326 e. The Bertz CT molecular complexity index is 419. The Morgan fingerprint density at radius 1 is 1.57 bits per heavy atom. The van der Waals surface area contributed by atoms with E-state index in [2.05, 4.69) is 28.7 Å². The fourth-order valence-corrected chi connectivity index (χ4v) is 2.64. The van der Waals surface area contributed by atoms with Gasteiger partial charge in [-0.05, 0) is 23.9 Å². The second-order valence-electron chi connectivity index (χ2n) is 2.89. The summed E-state index contributed by atoms with van der Waals surface area (Å²) in [7, 11) is 0. The van der Waals surface area contributed by atoms with Crippen LogP contribution in [0.15, 0.2) is 17.6 Å². The molecule has 0 atom stereocenters. The lowest BCUT2D eigenvalue weighted by molar-refractivity contribution is 1.10. The van der Waals surface area contributed by atoms with Gasteiger partial charge >= 0.3 is 0 Å². The molecule has 0 unspecified atom stereocenters. The predicted octanol–water partition coefficient (Wildman–Crippen LogP) is 2.72. The Hall–Kier alpha value is -0.910. The first-order chi connectivity index (χ1) is 6.79. The van der Waals surface area contributed by atoms with Gasteiger partial charge < -0.3 is 11.1 Å². The molecule has 0 radical (unpaired) electrons. The van der Waals surface area contributed by atoms with Gasteiger partial charge in [0.05, 0.1) is 5.00 Å². The van der Waals surface area contributed by atoms with E-state index >= 15 is 0 Å². The Labute approximate surface area is 90.6 Å². The van der Waals surface area contributed by atoms with E-state index in [4.69, 9.17) is 5.73 Å². The molecule has 0 aliphatic heterocycles. The summed E-state index contributed by atoms with van der Waals surface area (Å²) < 4.78 is 0. The first-order valence-corrected chi connectivity index (χ1v) is 5.95. The summed E-state index contributed by atoms with van der Waals surface area (Å²) in [4.78, 5) is 5.34. The molecule has 2 rings (SSSR count). The van der Waals surface area contributed by atoms with Crippen molar-refractivity contribution in [1.82, 2.24) is 4.98 Å². The molecule has 2 heterocycles. The topological polar surface area (TPSA) is 50.9 Å². The molecule has 0 fully saturated rings. The van der Waals surface area contributed by atoms with Gasteiger partial charge in [0, 0.05) is 17.6 Å². The highest BCUT2D eigenvalue weighted by molar-refractivity contribution is 7.17. The molecule has 0 spiro atoms. The number of nitrogens with two attached hydrogens (primary N) is 1. The zero-order valence-electron chi connectivity index (χ0n) is 7.78. The van der Waals surface area contributed by atoms with Gasteiger partial charge in [0.2, 0.25) is 0 Å². The zero-order valence-corrected chi connectivity index (χ0v) is 9.41. The summed E-state index contributed by atoms with van der Waals surface area (Å²) in [6.07, 6.45) is 1.82. The molecule has 3 nitrogen and oxygen atoms in total. The van der Waals surface area contributed by atoms with Gasteiger partial charge in [-0.15, -0.1) is 22.7 Å². The van der Waals surface area contributed by atoms with Crippen LogP contribution in [0.2, 0.25) is 0 Å². The number of rotatable bonds is 3. The van der Waals surface area contributed by atoms with Gasteiger partial charge in [0.1, 0.15) is 0 Å². The second kappa shape index (κ2) is 4.08. The van der Waals surface area contributed by atoms with E-state index in [9.17, 15) is 0 Å². The van der Waals surface area contributed by atoms with Crippen molar-refractivity contribution in [3.05, 3.63) is 28.1 Å². The van der Waals surface area contributed by atoms with Crippen LogP contribution in [-0.4, -0.2) is 4.98 Å². The largest absolute Gasteiger partial charge is 0.326 e. The van der Waals surface area contributed by atoms with Crippen LogP contribution < -0.4 is 11.1 Å². The molecule has 74 valence electrons. The number of thiazole rings is 1. The Morgan fingerprint density at radius 2 is 2.43 bits per heavy atom. The van der Waals surface area contributed by atoms with Crippen molar-refractivity contribution in [2.45, 2.75) is 13.5 Å². The molecule has 0 aromatic carbocycles. The number of hydrogen-bond donors (Lipinski definition) is 2. The molecule has 0 aliphatic rings. The van der Waals surface area contributed by atoms with Gasteiger partial charge in [-0.1, -0.05) is 0 Å². The van der Waals surface area contributed by atoms with E-state index in [1.807, 2.05) is 6.20 Å². The number of aromatic nitrogens is 1. The van der Waals surface area contributed by atoms with Crippen molar-refractivity contribution < 1.29 is 0 Å². The summed E-state index contributed by atoms with van der Waals surface area (Å²) >= 11 is 3.28. The SMILES string of the molecule is Cc1ccsc1Nc1ncc(CN)s1. The molecular weight excluding hydrogens is 214 g/mol. The third kappa shape index (κ3) is 1.95. The van der Waals surface area contributed by atoms with E-state index in [1.54, 1.807) is 22.7 Å². The molecule has 0 saturated heterocycles. The summed E-state index contributed by atoms with van der Waals surface area (Å²) in [5.74, 6) is 0. The van der Waals surface area contributed by atoms with E-state index in [0.717, 1.165) is 15.0 Å². The number of anilines is 2. The Morgan fingerprint density at radius 3 is 3.00 bits per heavy atom. The van der Waals surface area contributed by atoms with Crippen LogP contribution in [-0.2, 0) is 6.54 Å². The molecule has 0 amide bonds. The van der Waals surface area contributed by atoms with Crippen LogP contribution in [0.3, 0.4) is 0 Å². The molecule has 2 aromatic heterocycles. The van der Waals surface area contributed by atoms with Crippen LogP contribution in [0.1, 0.15) is 10.4 Å². The second-order valence-corrected chi connectivity index (χ2v) is 4.92. The first-order valence-electron chi connectivity index (χ1n) is 4.25. The number of nitrogens with zero attached hydrogens (tertiary/aromatic N) is 1. The van der Waals surface area contributed by atoms with Crippen LogP contribution in [0, 0.1) is 6.92 Å². The van der Waals surface area contributed by atoms with Crippen molar-refractivity contribution in [1.29, 1.82) is 0 Å². The van der Waals surface area contributed by atoms with Gasteiger partial charge in [-0.25, -0.2) is 4.98 Å². The highest BCUT2D eigenvalue weighted by atomic mass is 32.1. The molecule has 3 N–H and O–H groups in total. The van der Waals surface area contributed by atoms with Gasteiger partial charge in [-0.2, -0.15) is 0 Å². The number of hydrogen-bond acceptors (Lipinski definition) is 5. The van der Waals surface area contributed by atoms with Crippen molar-refractivity contribution in [3.63, 3.8) is 0 Å². The number of nitrogens with one attached hydrogen (secondary N) is 1. The van der Waals surface area contributed by atoms with E-state index in [-0.39, 0.29) is 0 Å². The lowest BCUT2D eigenvalue weighted by Gasteiger charge is -1.98. The average Bonchev–Trinajstić information content (AvgIpc) is 2.77. The molecule has 0 saturated carbocycles. The van der Waals surface area contributed by atoms with Gasteiger partial charge in [0.25, 0.3) is 0 Å². The minimum atomic E-state index is 0.558. The third-order valence-corrected chi connectivity index (χ3v) is 3.70. The quantitative estimate of drug-likeness (QED) is 0.844. The molecule has 14 heavy (non-hydrogen) atoms. The molecule has 5 heteroatoms. The maximum atomic E-state index is 5.51. The van der Waals surface area contributed by atoms with Crippen molar-refractivity contribution in [3.8, 4) is 0 Å². The van der Waals surface area contributed by atoms with E-state index < -0.39 is 0 Å². The Kier molecular flexibility index (Phi) is 2.81. The molecule has 0 bridgehead atoms. The minimum absolute atomic E-state index is 0.558. The lowest BCUT2D eigenvalue weighted by atomic mass is 10.4. The van der Waals surface area contributed by atoms with E-state index in [0.29, 0.717) is 6.54 Å². The third-order valence-electron chi connectivity index (χ3n) is 1.84. The fourth-order valence-electron chi connectivity index (χ4n) is 1.06. The molecule has 0 aliphatic carbocycles. The van der Waals surface area contributed by atoms with E-state index in [1.165, 1.54) is 5.56 Å². The van der Waals surface area contributed by atoms with Gasteiger partial charge in [-0.3, -0.25) is 0 Å². The monoisotopic (exact) mass is 225 g/mol. The zero-order chi connectivity index (χ0) is 9.97. The summed E-state index contributed by atoms with van der Waals surface area (Å²) in [6.45, 7) is 2.64. The van der Waals surface area contributed by atoms with Crippen molar-refractivity contribution in [2.24, 2.45) is 5.73 Å². The van der Waals surface area contributed by atoms with Crippen molar-refractivity contribution in [2.75, 3.05) is 5.32 Å². The summed E-state index contributed by atoms with van der Waals surface area (Å²) in [5.41, 5.74) is 6.76. The van der Waals surface area contributed by atoms with Crippen molar-refractivity contribution >= 4 is 32.8 Å². The first kappa shape index (κ1) is 9.64. The normalized spacial score (nSPS) is 10.4.